The number of hydrogen-bond donors (Lipinski definition) is 3. The van der Waals surface area contributed by atoms with Gasteiger partial charge in [-0.3, -0.25) is 4.90 Å². The Morgan fingerprint density at radius 1 is 1.14 bits per heavy atom. The van der Waals surface area contributed by atoms with E-state index >= 15 is 0 Å². The van der Waals surface area contributed by atoms with Crippen LogP contribution in [0, 0.1) is 6.92 Å². The molecule has 9 nitrogen and oxygen atoms in total. The Balaban J connectivity index is 0.00000160. The van der Waals surface area contributed by atoms with Gasteiger partial charge in [-0.1, -0.05) is 6.07 Å². The molecule has 5 N–H and O–H groups in total. The topological polar surface area (TPSA) is 116 Å². The number of nitrogen functional groups attached to an aromatic ring is 1. The lowest BCUT2D eigenvalue weighted by molar-refractivity contribution is 0.126. The van der Waals surface area contributed by atoms with Crippen molar-refractivity contribution < 1.29 is 9.47 Å². The molecule has 0 radical (unpaired) electrons. The van der Waals surface area contributed by atoms with E-state index in [9.17, 15) is 0 Å². The van der Waals surface area contributed by atoms with Crippen LogP contribution in [0.25, 0.3) is 26.0 Å². The monoisotopic (exact) mass is 589 g/mol. The fourth-order valence-corrected chi connectivity index (χ4v) is 5.89. The number of anilines is 1. The van der Waals surface area contributed by atoms with Gasteiger partial charge in [0.1, 0.15) is 17.6 Å². The zero-order valence-electron chi connectivity index (χ0n) is 20.9. The molecule has 0 atom stereocenters. The maximum Gasteiger partial charge on any atom is 0.152 e. The zero-order chi connectivity index (χ0) is 23.7. The molecule has 5 rings (SSSR count). The predicted octanol–water partition coefficient (Wildman–Crippen LogP) is 3.66. The SMILES string of the molecule is COc1cc(C)cc2cc(-c3c(COCCN)c(CN4CCNCC4)n4ncnc(N)c34)sc12.Cl.Cl.Cl. The van der Waals surface area contributed by atoms with Gasteiger partial charge < -0.3 is 26.3 Å². The van der Waals surface area contributed by atoms with Crippen molar-refractivity contribution in [2.24, 2.45) is 5.73 Å². The van der Waals surface area contributed by atoms with E-state index in [4.69, 9.17) is 20.9 Å². The number of benzene rings is 1. The average molecular weight is 591 g/mol. The number of halogens is 3. The highest BCUT2D eigenvalue weighted by Crippen LogP contribution is 2.44. The quantitative estimate of drug-likeness (QED) is 0.266. The maximum atomic E-state index is 6.46. The lowest BCUT2D eigenvalue weighted by atomic mass is 10.1. The molecule has 0 spiro atoms. The first-order valence-electron chi connectivity index (χ1n) is 11.5. The van der Waals surface area contributed by atoms with Crippen LogP contribution in [-0.2, 0) is 17.9 Å². The highest BCUT2D eigenvalue weighted by atomic mass is 35.5. The second-order valence-corrected chi connectivity index (χ2v) is 9.62. The van der Waals surface area contributed by atoms with Crippen LogP contribution in [-0.4, -0.2) is 65.9 Å². The third-order valence-corrected chi connectivity index (χ3v) is 7.43. The fraction of sp³-hybridized carbons (Fsp3) is 0.417. The van der Waals surface area contributed by atoms with E-state index in [1.807, 2.05) is 4.52 Å². The van der Waals surface area contributed by atoms with Gasteiger partial charge in [0, 0.05) is 55.3 Å². The Bertz CT molecular complexity index is 1330. The maximum absolute atomic E-state index is 6.46. The number of ether oxygens (including phenoxy) is 2. The molecule has 4 heterocycles. The summed E-state index contributed by atoms with van der Waals surface area (Å²) in [6.45, 7) is 8.13. The minimum Gasteiger partial charge on any atom is -0.495 e. The minimum atomic E-state index is 0. The summed E-state index contributed by atoms with van der Waals surface area (Å²) in [4.78, 5) is 7.86. The smallest absolute Gasteiger partial charge is 0.152 e. The number of hydrogen-bond acceptors (Lipinski definition) is 9. The lowest BCUT2D eigenvalue weighted by Gasteiger charge is -2.27. The van der Waals surface area contributed by atoms with E-state index in [0.29, 0.717) is 25.6 Å². The van der Waals surface area contributed by atoms with Gasteiger partial charge in [-0.2, -0.15) is 5.10 Å². The first-order chi connectivity index (χ1) is 16.6. The lowest BCUT2D eigenvalue weighted by Crippen LogP contribution is -2.43. The summed E-state index contributed by atoms with van der Waals surface area (Å²) in [6.07, 6.45) is 1.52. The summed E-state index contributed by atoms with van der Waals surface area (Å²) < 4.78 is 14.7. The Hall–Kier alpha value is -1.89. The first-order valence-corrected chi connectivity index (χ1v) is 12.3. The molecular weight excluding hydrogens is 557 g/mol. The van der Waals surface area contributed by atoms with E-state index in [2.05, 4.69) is 45.4 Å². The van der Waals surface area contributed by atoms with Crippen molar-refractivity contribution in [1.29, 1.82) is 0 Å². The summed E-state index contributed by atoms with van der Waals surface area (Å²) in [5, 5.41) is 9.19. The van der Waals surface area contributed by atoms with Gasteiger partial charge in [-0.05, 0) is 30.0 Å². The van der Waals surface area contributed by atoms with Gasteiger partial charge in [0.15, 0.2) is 5.82 Å². The van der Waals surface area contributed by atoms with Gasteiger partial charge >= 0.3 is 0 Å². The largest absolute Gasteiger partial charge is 0.495 e. The van der Waals surface area contributed by atoms with Crippen molar-refractivity contribution in [3.05, 3.63) is 41.3 Å². The molecule has 0 bridgehead atoms. The molecule has 3 aromatic heterocycles. The second-order valence-electron chi connectivity index (χ2n) is 8.57. The van der Waals surface area contributed by atoms with Gasteiger partial charge in [0.05, 0.1) is 30.7 Å². The van der Waals surface area contributed by atoms with Crippen molar-refractivity contribution in [2.45, 2.75) is 20.1 Å². The number of nitrogens with one attached hydrogen (secondary N) is 1. The summed E-state index contributed by atoms with van der Waals surface area (Å²) in [6, 6.07) is 6.46. The molecule has 1 fully saturated rings. The molecule has 1 aliphatic heterocycles. The second kappa shape index (κ2) is 13.8. The number of rotatable bonds is 8. The number of fused-ring (bicyclic) bond motifs is 2. The summed E-state index contributed by atoms with van der Waals surface area (Å²) in [5.41, 5.74) is 17.4. The van der Waals surface area contributed by atoms with Crippen molar-refractivity contribution in [3.63, 3.8) is 0 Å². The van der Waals surface area contributed by atoms with Crippen molar-refractivity contribution >= 4 is 70.0 Å². The molecule has 37 heavy (non-hydrogen) atoms. The predicted molar refractivity (Wildman–Crippen MR) is 158 cm³/mol. The van der Waals surface area contributed by atoms with Crippen LogP contribution in [0.4, 0.5) is 5.82 Å². The molecule has 0 saturated carbocycles. The van der Waals surface area contributed by atoms with Crippen LogP contribution in [0.3, 0.4) is 0 Å². The molecule has 4 aromatic rings. The van der Waals surface area contributed by atoms with Crippen molar-refractivity contribution in [2.75, 3.05) is 52.2 Å². The summed E-state index contributed by atoms with van der Waals surface area (Å²) >= 11 is 1.69. The highest BCUT2D eigenvalue weighted by molar-refractivity contribution is 7.22. The Morgan fingerprint density at radius 3 is 2.59 bits per heavy atom. The molecule has 0 amide bonds. The van der Waals surface area contributed by atoms with Crippen LogP contribution < -0.4 is 21.5 Å². The van der Waals surface area contributed by atoms with Crippen molar-refractivity contribution in [1.82, 2.24) is 24.8 Å². The Kier molecular flexibility index (Phi) is 11.7. The normalized spacial score (nSPS) is 13.7. The number of nitrogens with two attached hydrogens (primary N) is 2. The number of nitrogens with zero attached hydrogens (tertiary/aromatic N) is 4. The summed E-state index contributed by atoms with van der Waals surface area (Å²) in [7, 11) is 1.71. The van der Waals surface area contributed by atoms with Crippen LogP contribution in [0.5, 0.6) is 5.75 Å². The van der Waals surface area contributed by atoms with Crippen LogP contribution in [0.15, 0.2) is 24.5 Å². The third-order valence-electron chi connectivity index (χ3n) is 6.25. The molecule has 0 aliphatic carbocycles. The Labute approximate surface area is 239 Å². The van der Waals surface area contributed by atoms with E-state index < -0.39 is 0 Å². The molecule has 1 saturated heterocycles. The van der Waals surface area contributed by atoms with E-state index in [1.54, 1.807) is 18.4 Å². The minimum absolute atomic E-state index is 0. The highest BCUT2D eigenvalue weighted by Gasteiger charge is 2.26. The van der Waals surface area contributed by atoms with Crippen LogP contribution in [0.1, 0.15) is 16.8 Å². The number of aromatic nitrogens is 3. The number of thiophene rings is 1. The van der Waals surface area contributed by atoms with Gasteiger partial charge in [-0.15, -0.1) is 48.6 Å². The number of aryl methyl sites for hydroxylation is 1. The summed E-state index contributed by atoms with van der Waals surface area (Å²) in [5.74, 6) is 1.33. The molecule has 1 aliphatic rings. The van der Waals surface area contributed by atoms with Crippen LogP contribution >= 0.6 is 48.6 Å². The Morgan fingerprint density at radius 2 is 1.89 bits per heavy atom. The third kappa shape index (κ3) is 6.23. The molecule has 13 heteroatoms. The van der Waals surface area contributed by atoms with E-state index in [-0.39, 0.29) is 37.2 Å². The van der Waals surface area contributed by atoms with Gasteiger partial charge in [-0.25, -0.2) is 9.50 Å². The van der Waals surface area contributed by atoms with Gasteiger partial charge in [0.25, 0.3) is 0 Å². The zero-order valence-corrected chi connectivity index (χ0v) is 24.1. The van der Waals surface area contributed by atoms with E-state index in [0.717, 1.165) is 81.3 Å². The van der Waals surface area contributed by atoms with Crippen LogP contribution in [0.2, 0.25) is 0 Å². The molecule has 204 valence electrons. The number of piperazine rings is 1. The van der Waals surface area contributed by atoms with Gasteiger partial charge in [0.2, 0.25) is 0 Å². The first kappa shape index (κ1) is 31.3. The number of methoxy groups -OCH3 is 1. The molecule has 0 unspecified atom stereocenters. The van der Waals surface area contributed by atoms with E-state index in [1.165, 1.54) is 6.33 Å². The average Bonchev–Trinajstić information content (AvgIpc) is 3.39. The molecule has 1 aromatic carbocycles. The fourth-order valence-electron chi connectivity index (χ4n) is 4.68. The standard InChI is InChI=1S/C24H31N7O2S.3ClH/c1-15-9-16-11-20(34-23(16)19(10-15)32-2)21-17(13-33-8-3-25)18(12-30-6-4-27-5-7-30)31-22(21)24(26)28-14-29-31;;;/h9-11,14,27H,3-8,12-13,25H2,1-2H3,(H2,26,28,29);3*1H. The van der Waals surface area contributed by atoms with Crippen molar-refractivity contribution in [3.8, 4) is 16.2 Å². The molecular formula is C24H34Cl3N7O2S.